The minimum absolute atomic E-state index is 0.0831. The highest BCUT2D eigenvalue weighted by Gasteiger charge is 2.21. The van der Waals surface area contributed by atoms with Gasteiger partial charge in [-0.25, -0.2) is 5.43 Å². The molecule has 2 amide bonds. The maximum Gasteiger partial charge on any atom is 0.269 e. The number of carbonyl (C=O) groups excluding carboxylic acids is 2. The van der Waals surface area contributed by atoms with E-state index >= 15 is 0 Å². The fourth-order valence-electron chi connectivity index (χ4n) is 1.53. The van der Waals surface area contributed by atoms with Crippen LogP contribution in [0.2, 0.25) is 0 Å². The normalized spacial score (nSPS) is 17.4. The molecule has 90 valence electrons. The van der Waals surface area contributed by atoms with E-state index in [2.05, 4.69) is 24.4 Å². The summed E-state index contributed by atoms with van der Waals surface area (Å²) in [4.78, 5) is 24.5. The summed E-state index contributed by atoms with van der Waals surface area (Å²) in [5.41, 5.74) is 2.79. The van der Waals surface area contributed by atoms with Crippen LogP contribution in [0.1, 0.15) is 33.1 Å². The molecule has 1 aliphatic heterocycles. The molecule has 0 aliphatic carbocycles. The maximum absolute atomic E-state index is 11.9. The molecule has 0 aromatic heterocycles. The topological polar surface area (TPSA) is 61.8 Å². The van der Waals surface area contributed by atoms with Gasteiger partial charge in [-0.15, -0.1) is 0 Å². The molecule has 0 spiro atoms. The van der Waals surface area contributed by atoms with Gasteiger partial charge in [-0.05, 0) is 5.92 Å². The SMILES string of the molecule is CCC(C)CN(C)C(=O)C1=NNC(=O)CC1. The van der Waals surface area contributed by atoms with E-state index in [0.29, 0.717) is 24.5 Å². The lowest BCUT2D eigenvalue weighted by molar-refractivity contribution is -0.124. The molecule has 0 fully saturated rings. The summed E-state index contributed by atoms with van der Waals surface area (Å²) in [7, 11) is 1.77. The number of rotatable bonds is 4. The van der Waals surface area contributed by atoms with Gasteiger partial charge in [0.05, 0.1) is 0 Å². The molecule has 0 saturated heterocycles. The van der Waals surface area contributed by atoms with Crippen molar-refractivity contribution in [3.8, 4) is 0 Å². The molecule has 1 heterocycles. The number of hydrogen-bond acceptors (Lipinski definition) is 3. The van der Waals surface area contributed by atoms with Crippen LogP contribution in [0.15, 0.2) is 5.10 Å². The minimum atomic E-state index is -0.124. The number of hydrazone groups is 1. The van der Waals surface area contributed by atoms with Crippen molar-refractivity contribution in [3.05, 3.63) is 0 Å². The fourth-order valence-corrected chi connectivity index (χ4v) is 1.53. The van der Waals surface area contributed by atoms with Gasteiger partial charge in [0.15, 0.2) is 0 Å². The second kappa shape index (κ2) is 5.63. The van der Waals surface area contributed by atoms with Crippen molar-refractivity contribution in [1.29, 1.82) is 0 Å². The van der Waals surface area contributed by atoms with Crippen molar-refractivity contribution >= 4 is 17.5 Å². The average molecular weight is 225 g/mol. The van der Waals surface area contributed by atoms with Crippen LogP contribution in [0.4, 0.5) is 0 Å². The first-order valence-corrected chi connectivity index (χ1v) is 5.65. The van der Waals surface area contributed by atoms with E-state index in [1.165, 1.54) is 0 Å². The lowest BCUT2D eigenvalue weighted by atomic mass is 10.1. The summed E-state index contributed by atoms with van der Waals surface area (Å²) in [5, 5.41) is 3.79. The van der Waals surface area contributed by atoms with Gasteiger partial charge in [-0.1, -0.05) is 20.3 Å². The van der Waals surface area contributed by atoms with Crippen molar-refractivity contribution in [3.63, 3.8) is 0 Å². The molecule has 16 heavy (non-hydrogen) atoms. The van der Waals surface area contributed by atoms with Crippen LogP contribution in [0.3, 0.4) is 0 Å². The quantitative estimate of drug-likeness (QED) is 0.767. The minimum Gasteiger partial charge on any atom is -0.340 e. The highest BCUT2D eigenvalue weighted by atomic mass is 16.2. The molecule has 0 aromatic rings. The van der Waals surface area contributed by atoms with Gasteiger partial charge in [-0.2, -0.15) is 5.10 Å². The number of nitrogens with zero attached hydrogens (tertiary/aromatic N) is 2. The Morgan fingerprint density at radius 3 is 2.75 bits per heavy atom. The summed E-state index contributed by atoms with van der Waals surface area (Å²) in [6.45, 7) is 4.93. The molecular formula is C11H19N3O2. The Hall–Kier alpha value is -1.39. The second-order valence-electron chi connectivity index (χ2n) is 4.29. The van der Waals surface area contributed by atoms with Gasteiger partial charge in [0.2, 0.25) is 5.91 Å². The maximum atomic E-state index is 11.9. The lowest BCUT2D eigenvalue weighted by Crippen LogP contribution is -2.39. The Labute approximate surface area is 95.9 Å². The third-order valence-corrected chi connectivity index (χ3v) is 2.78. The van der Waals surface area contributed by atoms with Crippen LogP contribution in [0.25, 0.3) is 0 Å². The molecule has 1 unspecified atom stereocenters. The summed E-state index contributed by atoms with van der Waals surface area (Å²) in [6, 6.07) is 0. The largest absolute Gasteiger partial charge is 0.340 e. The molecule has 0 saturated carbocycles. The summed E-state index contributed by atoms with van der Waals surface area (Å²) < 4.78 is 0. The fraction of sp³-hybridized carbons (Fsp3) is 0.727. The Balaban J connectivity index is 2.54. The Kier molecular flexibility index (Phi) is 4.46. The summed E-state index contributed by atoms with van der Waals surface area (Å²) in [5.74, 6) is 0.272. The van der Waals surface area contributed by atoms with E-state index in [1.807, 2.05) is 0 Å². The average Bonchev–Trinajstić information content (AvgIpc) is 2.28. The van der Waals surface area contributed by atoms with Crippen molar-refractivity contribution in [2.75, 3.05) is 13.6 Å². The Morgan fingerprint density at radius 1 is 1.56 bits per heavy atom. The van der Waals surface area contributed by atoms with E-state index in [0.717, 1.165) is 13.0 Å². The number of amides is 2. The number of carbonyl (C=O) groups is 2. The predicted molar refractivity (Wildman–Crippen MR) is 61.9 cm³/mol. The van der Waals surface area contributed by atoms with E-state index in [-0.39, 0.29) is 11.8 Å². The zero-order valence-electron chi connectivity index (χ0n) is 10.1. The zero-order valence-corrected chi connectivity index (χ0v) is 10.1. The van der Waals surface area contributed by atoms with Crippen LogP contribution in [0, 0.1) is 5.92 Å². The van der Waals surface area contributed by atoms with Crippen LogP contribution in [0.5, 0.6) is 0 Å². The van der Waals surface area contributed by atoms with Crippen molar-refractivity contribution in [1.82, 2.24) is 10.3 Å². The summed E-state index contributed by atoms with van der Waals surface area (Å²) >= 11 is 0. The third kappa shape index (κ3) is 3.32. The van der Waals surface area contributed by atoms with E-state index in [1.54, 1.807) is 11.9 Å². The van der Waals surface area contributed by atoms with Gasteiger partial charge in [-0.3, -0.25) is 9.59 Å². The van der Waals surface area contributed by atoms with Gasteiger partial charge < -0.3 is 4.90 Å². The van der Waals surface area contributed by atoms with Gasteiger partial charge in [0, 0.05) is 26.4 Å². The Morgan fingerprint density at radius 2 is 2.25 bits per heavy atom. The van der Waals surface area contributed by atoms with E-state index in [9.17, 15) is 9.59 Å². The summed E-state index contributed by atoms with van der Waals surface area (Å²) in [6.07, 6.45) is 1.83. The Bertz CT molecular complexity index is 312. The molecule has 0 bridgehead atoms. The van der Waals surface area contributed by atoms with Crippen LogP contribution >= 0.6 is 0 Å². The molecule has 5 nitrogen and oxygen atoms in total. The van der Waals surface area contributed by atoms with Crippen molar-refractivity contribution < 1.29 is 9.59 Å². The molecule has 0 radical (unpaired) electrons. The second-order valence-corrected chi connectivity index (χ2v) is 4.29. The molecule has 1 aliphatic rings. The number of hydrogen-bond donors (Lipinski definition) is 1. The van der Waals surface area contributed by atoms with Crippen molar-refractivity contribution in [2.24, 2.45) is 11.0 Å². The predicted octanol–water partition coefficient (Wildman–Crippen LogP) is 0.757. The highest BCUT2D eigenvalue weighted by molar-refractivity contribution is 6.39. The first-order chi connectivity index (χ1) is 7.54. The lowest BCUT2D eigenvalue weighted by Gasteiger charge is -2.22. The van der Waals surface area contributed by atoms with E-state index in [4.69, 9.17) is 0 Å². The molecule has 1 rings (SSSR count). The van der Waals surface area contributed by atoms with Crippen molar-refractivity contribution in [2.45, 2.75) is 33.1 Å². The van der Waals surface area contributed by atoms with Gasteiger partial charge in [0.25, 0.3) is 5.91 Å². The first kappa shape index (κ1) is 12.7. The molecule has 1 N–H and O–H groups in total. The molecule has 1 atom stereocenters. The zero-order chi connectivity index (χ0) is 12.1. The smallest absolute Gasteiger partial charge is 0.269 e. The first-order valence-electron chi connectivity index (χ1n) is 5.65. The third-order valence-electron chi connectivity index (χ3n) is 2.78. The monoisotopic (exact) mass is 225 g/mol. The molecular weight excluding hydrogens is 206 g/mol. The van der Waals surface area contributed by atoms with Crippen LogP contribution in [-0.2, 0) is 9.59 Å². The molecule has 0 aromatic carbocycles. The van der Waals surface area contributed by atoms with E-state index < -0.39 is 0 Å². The van der Waals surface area contributed by atoms with Gasteiger partial charge >= 0.3 is 0 Å². The van der Waals surface area contributed by atoms with Crippen LogP contribution in [-0.4, -0.2) is 36.0 Å². The standard InChI is InChI=1S/C11H19N3O2/c1-4-8(2)7-14(3)11(16)9-5-6-10(15)13-12-9/h8H,4-7H2,1-3H3,(H,13,15). The van der Waals surface area contributed by atoms with Crippen LogP contribution < -0.4 is 5.43 Å². The highest BCUT2D eigenvalue weighted by Crippen LogP contribution is 2.06. The van der Waals surface area contributed by atoms with Gasteiger partial charge in [0.1, 0.15) is 5.71 Å². The molecule has 5 heteroatoms. The number of nitrogens with one attached hydrogen (secondary N) is 1.